The van der Waals surface area contributed by atoms with E-state index in [1.54, 1.807) is 0 Å². The van der Waals surface area contributed by atoms with Crippen molar-refractivity contribution in [3.8, 4) is 5.75 Å². The fourth-order valence-corrected chi connectivity index (χ4v) is 4.71. The minimum absolute atomic E-state index is 0.164. The van der Waals surface area contributed by atoms with Crippen molar-refractivity contribution >= 4 is 16.5 Å². The molecule has 0 aliphatic carbocycles. The Balaban J connectivity index is 1.38. The number of nitrogens with zero attached hydrogens (tertiary/aromatic N) is 3. The Hall–Kier alpha value is -3.12. The van der Waals surface area contributed by atoms with Crippen LogP contribution in [0.15, 0.2) is 60.7 Å². The monoisotopic (exact) mass is 403 g/mol. The van der Waals surface area contributed by atoms with Crippen molar-refractivity contribution in [1.82, 2.24) is 4.90 Å². The van der Waals surface area contributed by atoms with Crippen molar-refractivity contribution < 1.29 is 9.66 Å². The summed E-state index contributed by atoms with van der Waals surface area (Å²) in [5, 5.41) is 14.1. The molecule has 2 aliphatic heterocycles. The Labute approximate surface area is 175 Å². The Kier molecular flexibility index (Phi) is 4.79. The van der Waals surface area contributed by atoms with Gasteiger partial charge in [0.05, 0.1) is 0 Å². The van der Waals surface area contributed by atoms with Crippen LogP contribution >= 0.6 is 0 Å². The number of benzene rings is 3. The zero-order chi connectivity index (χ0) is 20.7. The molecule has 1 fully saturated rings. The topological polar surface area (TPSA) is 58.8 Å². The molecule has 0 amide bonds. The lowest BCUT2D eigenvalue weighted by atomic mass is 9.94. The molecule has 0 aromatic heterocycles. The molecule has 2 atom stereocenters. The molecule has 0 unspecified atom stereocenters. The molecule has 2 heterocycles. The summed E-state index contributed by atoms with van der Waals surface area (Å²) in [5.74, 6) is 0.776. The van der Waals surface area contributed by atoms with E-state index in [4.69, 9.17) is 4.74 Å². The van der Waals surface area contributed by atoms with Crippen LogP contribution in [-0.2, 0) is 6.42 Å². The summed E-state index contributed by atoms with van der Waals surface area (Å²) >= 11 is 0. The van der Waals surface area contributed by atoms with Gasteiger partial charge in [-0.25, -0.2) is 0 Å². The maximum Gasteiger partial charge on any atom is 0.267 e. The maximum absolute atomic E-state index is 12.0. The molecule has 0 bridgehead atoms. The molecule has 0 spiro atoms. The number of aryl methyl sites for hydroxylation is 1. The molecule has 1 saturated heterocycles. The van der Waals surface area contributed by atoms with Gasteiger partial charge in [-0.3, -0.25) is 15.0 Å². The molecule has 6 heteroatoms. The highest BCUT2D eigenvalue weighted by Gasteiger charge is 2.43. The molecule has 154 valence electrons. The highest BCUT2D eigenvalue weighted by Crippen LogP contribution is 2.36. The van der Waals surface area contributed by atoms with Gasteiger partial charge in [-0.05, 0) is 41.5 Å². The molecule has 3 aromatic carbocycles. The van der Waals surface area contributed by atoms with Gasteiger partial charge >= 0.3 is 0 Å². The number of piperazine rings is 1. The highest BCUT2D eigenvalue weighted by atomic mass is 16.6. The van der Waals surface area contributed by atoms with E-state index < -0.39 is 12.3 Å². The number of ether oxygens (including phenoxy) is 1. The predicted molar refractivity (Wildman–Crippen MR) is 118 cm³/mol. The van der Waals surface area contributed by atoms with Crippen molar-refractivity contribution in [1.29, 1.82) is 0 Å². The zero-order valence-corrected chi connectivity index (χ0v) is 17.0. The van der Waals surface area contributed by atoms with Crippen molar-refractivity contribution in [3.63, 3.8) is 0 Å². The number of rotatable bonds is 3. The van der Waals surface area contributed by atoms with Gasteiger partial charge in [0.2, 0.25) is 6.23 Å². The molecule has 0 saturated carbocycles. The van der Waals surface area contributed by atoms with E-state index in [9.17, 15) is 10.1 Å². The Morgan fingerprint density at radius 1 is 1.00 bits per heavy atom. The summed E-state index contributed by atoms with van der Waals surface area (Å²) in [6.45, 7) is 5.24. The van der Waals surface area contributed by atoms with Gasteiger partial charge in [0.25, 0.3) is 6.04 Å². The average molecular weight is 403 g/mol. The van der Waals surface area contributed by atoms with E-state index in [0.717, 1.165) is 48.3 Å². The summed E-state index contributed by atoms with van der Waals surface area (Å²) in [6, 6.07) is 19.7. The largest absolute Gasteiger partial charge is 0.467 e. The van der Waals surface area contributed by atoms with E-state index in [1.165, 1.54) is 11.3 Å². The van der Waals surface area contributed by atoms with Crippen LogP contribution in [0.5, 0.6) is 5.75 Å². The first-order valence-corrected chi connectivity index (χ1v) is 10.5. The first-order chi connectivity index (χ1) is 14.6. The van der Waals surface area contributed by atoms with Gasteiger partial charge in [-0.1, -0.05) is 42.5 Å². The van der Waals surface area contributed by atoms with Crippen molar-refractivity contribution in [2.45, 2.75) is 25.6 Å². The number of anilines is 1. The van der Waals surface area contributed by atoms with Crippen LogP contribution in [0.3, 0.4) is 0 Å². The van der Waals surface area contributed by atoms with E-state index in [2.05, 4.69) is 41.0 Å². The summed E-state index contributed by atoms with van der Waals surface area (Å²) < 4.78 is 6.28. The lowest BCUT2D eigenvalue weighted by Gasteiger charge is -2.42. The van der Waals surface area contributed by atoms with Crippen LogP contribution in [0.25, 0.3) is 10.8 Å². The lowest BCUT2D eigenvalue weighted by Crippen LogP contribution is -2.59. The summed E-state index contributed by atoms with van der Waals surface area (Å²) in [7, 11) is 0. The normalized spacial score (nSPS) is 21.8. The minimum atomic E-state index is -0.770. The van der Waals surface area contributed by atoms with Crippen molar-refractivity contribution in [2.24, 2.45) is 0 Å². The molecule has 0 radical (unpaired) electrons. The second-order valence-corrected chi connectivity index (χ2v) is 8.19. The smallest absolute Gasteiger partial charge is 0.267 e. The van der Waals surface area contributed by atoms with Crippen LogP contribution in [0.2, 0.25) is 0 Å². The molecule has 0 N–H and O–H groups in total. The third-order valence-electron chi connectivity index (χ3n) is 6.30. The van der Waals surface area contributed by atoms with E-state index in [-0.39, 0.29) is 4.92 Å². The summed E-state index contributed by atoms with van der Waals surface area (Å²) in [4.78, 5) is 16.3. The Morgan fingerprint density at radius 2 is 1.80 bits per heavy atom. The first kappa shape index (κ1) is 18.9. The number of fused-ring (bicyclic) bond motifs is 3. The van der Waals surface area contributed by atoms with Gasteiger partial charge in [0, 0.05) is 48.8 Å². The highest BCUT2D eigenvalue weighted by molar-refractivity contribution is 5.88. The quantitative estimate of drug-likeness (QED) is 0.491. The first-order valence-electron chi connectivity index (χ1n) is 10.5. The van der Waals surface area contributed by atoms with Gasteiger partial charge in [0.1, 0.15) is 5.75 Å². The zero-order valence-electron chi connectivity index (χ0n) is 17.0. The van der Waals surface area contributed by atoms with Crippen LogP contribution in [0, 0.1) is 17.0 Å². The SMILES string of the molecule is Cc1cccc(N2CCN([C@@H]3Oc4ccc5ccccc5c4C[C@H]3[N+](=O)[O-])CC2)c1. The van der Waals surface area contributed by atoms with Crippen molar-refractivity contribution in [2.75, 3.05) is 31.1 Å². The number of hydrogen-bond acceptors (Lipinski definition) is 5. The fourth-order valence-electron chi connectivity index (χ4n) is 4.71. The average Bonchev–Trinajstić information content (AvgIpc) is 2.78. The second-order valence-electron chi connectivity index (χ2n) is 8.19. The number of hydrogen-bond donors (Lipinski definition) is 0. The van der Waals surface area contributed by atoms with Crippen LogP contribution < -0.4 is 9.64 Å². The van der Waals surface area contributed by atoms with E-state index in [0.29, 0.717) is 6.42 Å². The standard InChI is InChI=1S/C24H25N3O3/c1-17-5-4-7-19(15-17)25-11-13-26(14-12-25)24-22(27(28)29)16-21-20-8-3-2-6-18(20)9-10-23(21)30-24/h2-10,15,22,24H,11-14,16H2,1H3/t22-,24-/m1/s1. The molecule has 3 aromatic rings. The molecule has 30 heavy (non-hydrogen) atoms. The van der Waals surface area contributed by atoms with Gasteiger partial charge < -0.3 is 9.64 Å². The third-order valence-corrected chi connectivity index (χ3v) is 6.30. The minimum Gasteiger partial charge on any atom is -0.467 e. The van der Waals surface area contributed by atoms with Crippen LogP contribution in [0.4, 0.5) is 5.69 Å². The Bertz CT molecular complexity index is 1090. The van der Waals surface area contributed by atoms with E-state index >= 15 is 0 Å². The Morgan fingerprint density at radius 3 is 2.57 bits per heavy atom. The third kappa shape index (κ3) is 3.37. The van der Waals surface area contributed by atoms with Gasteiger partial charge in [0.15, 0.2) is 0 Å². The summed E-state index contributed by atoms with van der Waals surface area (Å²) in [6.07, 6.45) is -0.139. The predicted octanol–water partition coefficient (Wildman–Crippen LogP) is 3.88. The van der Waals surface area contributed by atoms with Gasteiger partial charge in [-0.2, -0.15) is 0 Å². The summed E-state index contributed by atoms with van der Waals surface area (Å²) in [5.41, 5.74) is 3.40. The molecule has 6 nitrogen and oxygen atoms in total. The maximum atomic E-state index is 12.0. The molecule has 2 aliphatic rings. The fraction of sp³-hybridized carbons (Fsp3) is 0.333. The van der Waals surface area contributed by atoms with E-state index in [1.807, 2.05) is 36.4 Å². The molecular formula is C24H25N3O3. The van der Waals surface area contributed by atoms with Crippen molar-refractivity contribution in [3.05, 3.63) is 81.9 Å². The van der Waals surface area contributed by atoms with Crippen LogP contribution in [0.1, 0.15) is 11.1 Å². The molecule has 5 rings (SSSR count). The second kappa shape index (κ2) is 7.61. The lowest BCUT2D eigenvalue weighted by molar-refractivity contribution is -0.540. The van der Waals surface area contributed by atoms with Crippen LogP contribution in [-0.4, -0.2) is 48.3 Å². The van der Waals surface area contributed by atoms with Gasteiger partial charge in [-0.15, -0.1) is 0 Å². The molecular weight excluding hydrogens is 378 g/mol. The number of nitro groups is 1.